The van der Waals surface area contributed by atoms with Crippen LogP contribution in [0, 0.1) is 13.8 Å². The molecular formula is C24H30N4O2S2. The Hall–Kier alpha value is -2.16. The molecule has 0 aliphatic carbocycles. The molecule has 2 aromatic heterocycles. The summed E-state index contributed by atoms with van der Waals surface area (Å²) in [4.78, 5) is 39.2. The molecule has 3 heterocycles. The molecule has 32 heavy (non-hydrogen) atoms. The summed E-state index contributed by atoms with van der Waals surface area (Å²) in [6.45, 7) is 10.3. The number of rotatable bonds is 7. The van der Waals surface area contributed by atoms with E-state index in [1.54, 1.807) is 11.3 Å². The van der Waals surface area contributed by atoms with Crippen LogP contribution in [-0.2, 0) is 17.0 Å². The first-order valence-electron chi connectivity index (χ1n) is 11.1. The molecule has 6 nitrogen and oxygen atoms in total. The van der Waals surface area contributed by atoms with Crippen molar-refractivity contribution in [1.29, 1.82) is 0 Å². The number of H-pyrrole nitrogens is 1. The van der Waals surface area contributed by atoms with Crippen LogP contribution < -0.4 is 5.56 Å². The van der Waals surface area contributed by atoms with Crippen LogP contribution in [0.25, 0.3) is 10.2 Å². The SMILES string of the molecule is Cc1sc2nc(CSC(C)C(=O)N3CCN(CCc4ccccc4)CC3)[nH]c(=O)c2c1C. The van der Waals surface area contributed by atoms with Crippen molar-refractivity contribution < 1.29 is 4.79 Å². The summed E-state index contributed by atoms with van der Waals surface area (Å²) in [7, 11) is 0. The van der Waals surface area contributed by atoms with Crippen LogP contribution in [0.5, 0.6) is 0 Å². The Morgan fingerprint density at radius 1 is 1.19 bits per heavy atom. The van der Waals surface area contributed by atoms with E-state index in [-0.39, 0.29) is 16.7 Å². The van der Waals surface area contributed by atoms with Gasteiger partial charge in [-0.1, -0.05) is 30.3 Å². The molecule has 1 unspecified atom stereocenters. The Kier molecular flexibility index (Phi) is 7.33. The standard InChI is InChI=1S/C24H30N4O2S2/c1-16-17(2)32-23-21(16)22(29)25-20(26-23)15-31-18(3)24(30)28-13-11-27(12-14-28)10-9-19-7-5-4-6-8-19/h4-8,18H,9-15H2,1-3H3,(H,25,26,29). The number of nitrogens with zero attached hydrogens (tertiary/aromatic N) is 3. The summed E-state index contributed by atoms with van der Waals surface area (Å²) >= 11 is 3.09. The Morgan fingerprint density at radius 2 is 1.91 bits per heavy atom. The minimum absolute atomic E-state index is 0.0851. The lowest BCUT2D eigenvalue weighted by molar-refractivity contribution is -0.132. The van der Waals surface area contributed by atoms with Gasteiger partial charge in [-0.15, -0.1) is 23.1 Å². The fraction of sp³-hybridized carbons (Fsp3) is 0.458. The summed E-state index contributed by atoms with van der Waals surface area (Å²) in [5.74, 6) is 1.33. The summed E-state index contributed by atoms with van der Waals surface area (Å²) in [5.41, 5.74) is 2.27. The Balaban J connectivity index is 1.26. The van der Waals surface area contributed by atoms with Crippen molar-refractivity contribution in [2.75, 3.05) is 32.7 Å². The number of fused-ring (bicyclic) bond motifs is 1. The van der Waals surface area contributed by atoms with Crippen molar-refractivity contribution in [2.45, 2.75) is 38.2 Å². The highest BCUT2D eigenvalue weighted by Gasteiger charge is 2.25. The molecular weight excluding hydrogens is 440 g/mol. The van der Waals surface area contributed by atoms with E-state index in [1.165, 1.54) is 17.3 Å². The molecule has 1 amide bonds. The largest absolute Gasteiger partial charge is 0.339 e. The van der Waals surface area contributed by atoms with Gasteiger partial charge < -0.3 is 9.88 Å². The lowest BCUT2D eigenvalue weighted by Crippen LogP contribution is -2.50. The summed E-state index contributed by atoms with van der Waals surface area (Å²) in [6.07, 6.45) is 1.04. The average molecular weight is 471 g/mol. The molecule has 0 radical (unpaired) electrons. The van der Waals surface area contributed by atoms with Gasteiger partial charge in [0.05, 0.1) is 16.4 Å². The molecule has 1 N–H and O–H groups in total. The van der Waals surface area contributed by atoms with E-state index >= 15 is 0 Å². The Morgan fingerprint density at radius 3 is 2.62 bits per heavy atom. The lowest BCUT2D eigenvalue weighted by atomic mass is 10.1. The molecule has 0 saturated carbocycles. The van der Waals surface area contributed by atoms with Gasteiger partial charge in [0.25, 0.3) is 5.56 Å². The zero-order valence-electron chi connectivity index (χ0n) is 18.9. The number of aromatic nitrogens is 2. The smallest absolute Gasteiger partial charge is 0.259 e. The van der Waals surface area contributed by atoms with E-state index in [4.69, 9.17) is 0 Å². The number of nitrogens with one attached hydrogen (secondary N) is 1. The minimum atomic E-state index is -0.168. The topological polar surface area (TPSA) is 69.3 Å². The zero-order valence-corrected chi connectivity index (χ0v) is 20.5. The van der Waals surface area contributed by atoms with E-state index in [0.29, 0.717) is 17.0 Å². The van der Waals surface area contributed by atoms with Crippen molar-refractivity contribution >= 4 is 39.2 Å². The van der Waals surface area contributed by atoms with Crippen molar-refractivity contribution in [3.05, 3.63) is 62.5 Å². The highest BCUT2D eigenvalue weighted by Crippen LogP contribution is 2.26. The van der Waals surface area contributed by atoms with Gasteiger partial charge >= 0.3 is 0 Å². The molecule has 4 rings (SSSR count). The molecule has 8 heteroatoms. The number of thiophene rings is 1. The Bertz CT molecular complexity index is 1130. The highest BCUT2D eigenvalue weighted by molar-refractivity contribution is 7.99. The molecule has 1 fully saturated rings. The second-order valence-corrected chi connectivity index (χ2v) is 10.9. The fourth-order valence-electron chi connectivity index (χ4n) is 4.02. The monoisotopic (exact) mass is 470 g/mol. The second-order valence-electron chi connectivity index (χ2n) is 8.33. The quantitative estimate of drug-likeness (QED) is 0.571. The van der Waals surface area contributed by atoms with Crippen LogP contribution >= 0.6 is 23.1 Å². The van der Waals surface area contributed by atoms with Crippen LogP contribution in [0.2, 0.25) is 0 Å². The van der Waals surface area contributed by atoms with Crippen molar-refractivity contribution in [1.82, 2.24) is 19.8 Å². The van der Waals surface area contributed by atoms with Crippen LogP contribution in [0.1, 0.15) is 28.8 Å². The number of aryl methyl sites for hydroxylation is 2. The van der Waals surface area contributed by atoms with Crippen molar-refractivity contribution in [3.63, 3.8) is 0 Å². The first-order chi connectivity index (χ1) is 15.4. The molecule has 1 saturated heterocycles. The number of benzene rings is 1. The van der Waals surface area contributed by atoms with Gasteiger partial charge in [0.1, 0.15) is 10.7 Å². The van der Waals surface area contributed by atoms with E-state index in [2.05, 4.69) is 39.1 Å². The van der Waals surface area contributed by atoms with Crippen LogP contribution in [0.15, 0.2) is 35.1 Å². The first-order valence-corrected chi connectivity index (χ1v) is 12.9. The van der Waals surface area contributed by atoms with Crippen LogP contribution in [-0.4, -0.2) is 63.6 Å². The molecule has 3 aromatic rings. The fourth-order valence-corrected chi connectivity index (χ4v) is 5.91. The van der Waals surface area contributed by atoms with Crippen molar-refractivity contribution in [2.24, 2.45) is 0 Å². The molecule has 170 valence electrons. The predicted molar refractivity (Wildman–Crippen MR) is 134 cm³/mol. The number of piperazine rings is 1. The molecule has 1 aliphatic heterocycles. The minimum Gasteiger partial charge on any atom is -0.339 e. The van der Waals surface area contributed by atoms with Gasteiger partial charge in [0.2, 0.25) is 5.91 Å². The zero-order chi connectivity index (χ0) is 22.7. The summed E-state index contributed by atoms with van der Waals surface area (Å²) in [5, 5.41) is 0.522. The summed E-state index contributed by atoms with van der Waals surface area (Å²) < 4.78 is 0. The highest BCUT2D eigenvalue weighted by atomic mass is 32.2. The number of thioether (sulfide) groups is 1. The van der Waals surface area contributed by atoms with Gasteiger partial charge in [-0.25, -0.2) is 4.98 Å². The lowest BCUT2D eigenvalue weighted by Gasteiger charge is -2.35. The number of hydrogen-bond donors (Lipinski definition) is 1. The normalized spacial score (nSPS) is 15.9. The molecule has 1 aliphatic rings. The van der Waals surface area contributed by atoms with Gasteiger partial charge in [0.15, 0.2) is 0 Å². The molecule has 0 spiro atoms. The van der Waals surface area contributed by atoms with E-state index in [1.807, 2.05) is 31.7 Å². The molecule has 1 aromatic carbocycles. The molecule has 1 atom stereocenters. The first kappa shape index (κ1) is 23.0. The summed E-state index contributed by atoms with van der Waals surface area (Å²) in [6, 6.07) is 10.5. The number of hydrogen-bond acceptors (Lipinski definition) is 6. The Labute approximate surface area is 197 Å². The van der Waals surface area contributed by atoms with Gasteiger partial charge in [-0.2, -0.15) is 0 Å². The third kappa shape index (κ3) is 5.24. The van der Waals surface area contributed by atoms with Gasteiger partial charge in [0, 0.05) is 37.6 Å². The number of carbonyl (C=O) groups excluding carboxylic acids is 1. The maximum atomic E-state index is 12.9. The maximum Gasteiger partial charge on any atom is 0.259 e. The van der Waals surface area contributed by atoms with Crippen LogP contribution in [0.3, 0.4) is 0 Å². The molecule has 0 bridgehead atoms. The van der Waals surface area contributed by atoms with Crippen molar-refractivity contribution in [3.8, 4) is 0 Å². The maximum absolute atomic E-state index is 12.9. The van der Waals surface area contributed by atoms with Gasteiger partial charge in [-0.3, -0.25) is 14.5 Å². The van der Waals surface area contributed by atoms with Gasteiger partial charge in [-0.05, 0) is 38.3 Å². The van der Waals surface area contributed by atoms with Crippen LogP contribution in [0.4, 0.5) is 0 Å². The third-order valence-corrected chi connectivity index (χ3v) is 8.39. The second kappa shape index (κ2) is 10.2. The number of amides is 1. The number of carbonyl (C=O) groups is 1. The number of aromatic amines is 1. The predicted octanol–water partition coefficient (Wildman–Crippen LogP) is 3.61. The van der Waals surface area contributed by atoms with E-state index < -0.39 is 0 Å². The van der Waals surface area contributed by atoms with E-state index in [9.17, 15) is 9.59 Å². The third-order valence-electron chi connectivity index (χ3n) is 6.15. The van der Waals surface area contributed by atoms with E-state index in [0.717, 1.165) is 54.4 Å². The average Bonchev–Trinajstić information content (AvgIpc) is 3.10.